The number of aliphatic hydroxyl groups is 1. The second-order valence-corrected chi connectivity index (χ2v) is 6.26. The third kappa shape index (κ3) is 3.97. The van der Waals surface area contributed by atoms with Crippen LogP contribution >= 0.6 is 0 Å². The Hall–Kier alpha value is -2.27. The molecule has 0 aliphatic carbocycles. The van der Waals surface area contributed by atoms with Gasteiger partial charge in [-0.1, -0.05) is 12.1 Å². The largest absolute Gasteiger partial charge is 0.396 e. The number of aromatic nitrogens is 1. The fraction of sp³-hybridized carbons (Fsp3) is 0.368. The number of rotatable bonds is 4. The van der Waals surface area contributed by atoms with E-state index in [0.29, 0.717) is 31.0 Å². The monoisotopic (exact) mass is 328 g/mol. The molecule has 1 aromatic heterocycles. The third-order valence-corrected chi connectivity index (χ3v) is 4.50. The number of halogens is 1. The number of likely N-dealkylation sites (tertiary alicyclic amines) is 1. The van der Waals surface area contributed by atoms with E-state index >= 15 is 0 Å². The van der Waals surface area contributed by atoms with Crippen LogP contribution in [0.3, 0.4) is 0 Å². The van der Waals surface area contributed by atoms with Crippen molar-refractivity contribution in [3.63, 3.8) is 0 Å². The van der Waals surface area contributed by atoms with Gasteiger partial charge < -0.3 is 10.0 Å². The molecule has 126 valence electrons. The fourth-order valence-electron chi connectivity index (χ4n) is 3.07. The number of piperidine rings is 1. The van der Waals surface area contributed by atoms with Gasteiger partial charge in [0.15, 0.2) is 0 Å². The highest BCUT2D eigenvalue weighted by molar-refractivity contribution is 5.94. The molecule has 2 heterocycles. The number of hydrogen-bond acceptors (Lipinski definition) is 3. The molecule has 2 aromatic rings. The van der Waals surface area contributed by atoms with Crippen molar-refractivity contribution in [2.75, 3.05) is 19.7 Å². The molecular weight excluding hydrogens is 307 g/mol. The van der Waals surface area contributed by atoms with Crippen molar-refractivity contribution < 1.29 is 14.3 Å². The van der Waals surface area contributed by atoms with E-state index in [1.54, 1.807) is 24.4 Å². The molecule has 0 radical (unpaired) electrons. The molecule has 1 N–H and O–H groups in total. The Labute approximate surface area is 141 Å². The Bertz CT molecular complexity index is 712. The number of aliphatic hydroxyl groups excluding tert-OH is 1. The van der Waals surface area contributed by atoms with Crippen molar-refractivity contribution in [2.24, 2.45) is 5.92 Å². The summed E-state index contributed by atoms with van der Waals surface area (Å²) in [6, 6.07) is 9.91. The summed E-state index contributed by atoms with van der Waals surface area (Å²) in [5, 5.41) is 9.19. The number of pyridine rings is 1. The van der Waals surface area contributed by atoms with Crippen molar-refractivity contribution >= 4 is 5.91 Å². The van der Waals surface area contributed by atoms with Crippen LogP contribution in [-0.4, -0.2) is 40.6 Å². The van der Waals surface area contributed by atoms with E-state index in [-0.39, 0.29) is 18.3 Å². The van der Waals surface area contributed by atoms with Gasteiger partial charge in [0.1, 0.15) is 5.82 Å². The molecule has 0 unspecified atom stereocenters. The molecule has 1 fully saturated rings. The van der Waals surface area contributed by atoms with Crippen molar-refractivity contribution in [3.8, 4) is 0 Å². The summed E-state index contributed by atoms with van der Waals surface area (Å²) in [7, 11) is 0. The van der Waals surface area contributed by atoms with Gasteiger partial charge in [0.25, 0.3) is 5.91 Å². The summed E-state index contributed by atoms with van der Waals surface area (Å²) in [5.41, 5.74) is 2.19. The van der Waals surface area contributed by atoms with Gasteiger partial charge in [0.05, 0.1) is 0 Å². The van der Waals surface area contributed by atoms with Crippen LogP contribution in [-0.2, 0) is 6.42 Å². The van der Waals surface area contributed by atoms with E-state index in [4.69, 9.17) is 0 Å². The smallest absolute Gasteiger partial charge is 0.253 e. The molecule has 0 bridgehead atoms. The van der Waals surface area contributed by atoms with E-state index in [0.717, 1.165) is 24.1 Å². The van der Waals surface area contributed by atoms with E-state index in [9.17, 15) is 14.3 Å². The molecule has 1 saturated heterocycles. The first-order valence-corrected chi connectivity index (χ1v) is 8.25. The maximum atomic E-state index is 13.3. The van der Waals surface area contributed by atoms with Crippen LogP contribution in [0, 0.1) is 11.7 Å². The van der Waals surface area contributed by atoms with Gasteiger partial charge in [-0.15, -0.1) is 0 Å². The summed E-state index contributed by atoms with van der Waals surface area (Å²) in [6.07, 6.45) is 3.79. The highest BCUT2D eigenvalue weighted by atomic mass is 19.1. The van der Waals surface area contributed by atoms with Gasteiger partial charge >= 0.3 is 0 Å². The molecule has 24 heavy (non-hydrogen) atoms. The van der Waals surface area contributed by atoms with Gasteiger partial charge in [0.2, 0.25) is 0 Å². The lowest BCUT2D eigenvalue weighted by Crippen LogP contribution is -2.39. The SMILES string of the molecule is O=C(c1ccnc(Cc2cccc(F)c2)c1)N1CCC(CO)CC1. The normalized spacial score (nSPS) is 15.5. The quantitative estimate of drug-likeness (QED) is 0.939. The van der Waals surface area contributed by atoms with Crippen LogP contribution in [0.5, 0.6) is 0 Å². The Morgan fingerprint density at radius 1 is 1.25 bits per heavy atom. The lowest BCUT2D eigenvalue weighted by Gasteiger charge is -2.31. The Balaban J connectivity index is 1.69. The Kier molecular flexibility index (Phi) is 5.20. The average Bonchev–Trinajstić information content (AvgIpc) is 2.61. The molecule has 3 rings (SSSR count). The van der Waals surface area contributed by atoms with Gasteiger partial charge in [0, 0.05) is 43.6 Å². The van der Waals surface area contributed by atoms with E-state index in [1.807, 2.05) is 11.0 Å². The van der Waals surface area contributed by atoms with E-state index < -0.39 is 0 Å². The lowest BCUT2D eigenvalue weighted by molar-refractivity contribution is 0.0650. The van der Waals surface area contributed by atoms with Crippen molar-refractivity contribution in [1.82, 2.24) is 9.88 Å². The fourth-order valence-corrected chi connectivity index (χ4v) is 3.07. The van der Waals surface area contributed by atoms with Crippen molar-refractivity contribution in [3.05, 3.63) is 65.2 Å². The second kappa shape index (κ2) is 7.53. The van der Waals surface area contributed by atoms with Crippen LogP contribution in [0.15, 0.2) is 42.6 Å². The minimum atomic E-state index is -0.272. The van der Waals surface area contributed by atoms with Crippen LogP contribution in [0.25, 0.3) is 0 Å². The van der Waals surface area contributed by atoms with Crippen LogP contribution in [0.1, 0.15) is 34.5 Å². The Morgan fingerprint density at radius 3 is 2.75 bits per heavy atom. The third-order valence-electron chi connectivity index (χ3n) is 4.50. The number of amides is 1. The highest BCUT2D eigenvalue weighted by Crippen LogP contribution is 2.19. The second-order valence-electron chi connectivity index (χ2n) is 6.26. The molecular formula is C19H21FN2O2. The van der Waals surface area contributed by atoms with E-state index in [1.165, 1.54) is 12.1 Å². The summed E-state index contributed by atoms with van der Waals surface area (Å²) >= 11 is 0. The van der Waals surface area contributed by atoms with Gasteiger partial charge in [-0.3, -0.25) is 9.78 Å². The minimum absolute atomic E-state index is 0.00529. The molecule has 0 saturated carbocycles. The predicted molar refractivity (Wildman–Crippen MR) is 89.2 cm³/mol. The molecule has 1 amide bonds. The topological polar surface area (TPSA) is 53.4 Å². The lowest BCUT2D eigenvalue weighted by atomic mass is 9.97. The summed E-state index contributed by atoms with van der Waals surface area (Å²) in [6.45, 7) is 1.53. The zero-order chi connectivity index (χ0) is 16.9. The first-order valence-electron chi connectivity index (χ1n) is 8.25. The molecule has 1 aliphatic rings. The molecule has 0 spiro atoms. The maximum Gasteiger partial charge on any atom is 0.253 e. The van der Waals surface area contributed by atoms with Gasteiger partial charge in [-0.25, -0.2) is 4.39 Å². The minimum Gasteiger partial charge on any atom is -0.396 e. The number of carbonyl (C=O) groups excluding carboxylic acids is 1. The Morgan fingerprint density at radius 2 is 2.04 bits per heavy atom. The first-order chi connectivity index (χ1) is 11.7. The van der Waals surface area contributed by atoms with Gasteiger partial charge in [-0.2, -0.15) is 0 Å². The average molecular weight is 328 g/mol. The van der Waals surface area contributed by atoms with E-state index in [2.05, 4.69) is 4.98 Å². The summed E-state index contributed by atoms with van der Waals surface area (Å²) in [4.78, 5) is 18.7. The molecule has 0 atom stereocenters. The van der Waals surface area contributed by atoms with Crippen molar-refractivity contribution in [1.29, 1.82) is 0 Å². The van der Waals surface area contributed by atoms with Gasteiger partial charge in [-0.05, 0) is 48.6 Å². The zero-order valence-electron chi connectivity index (χ0n) is 13.5. The highest BCUT2D eigenvalue weighted by Gasteiger charge is 2.23. The molecule has 5 heteroatoms. The zero-order valence-corrected chi connectivity index (χ0v) is 13.5. The van der Waals surface area contributed by atoms with Crippen LogP contribution in [0.2, 0.25) is 0 Å². The standard InChI is InChI=1S/C19H21FN2O2/c20-17-3-1-2-15(10-17)11-18-12-16(4-7-21-18)19(24)22-8-5-14(13-23)6-9-22/h1-4,7,10,12,14,23H,5-6,8-9,11,13H2. The molecule has 1 aromatic carbocycles. The number of nitrogens with zero attached hydrogens (tertiary/aromatic N) is 2. The van der Waals surface area contributed by atoms with Crippen molar-refractivity contribution in [2.45, 2.75) is 19.3 Å². The first kappa shape index (κ1) is 16.6. The summed E-state index contributed by atoms with van der Waals surface area (Å²) < 4.78 is 13.3. The summed E-state index contributed by atoms with van der Waals surface area (Å²) in [5.74, 6) is 0.0239. The molecule has 1 aliphatic heterocycles. The number of hydrogen-bond donors (Lipinski definition) is 1. The molecule has 4 nitrogen and oxygen atoms in total. The number of benzene rings is 1. The van der Waals surface area contributed by atoms with Crippen LogP contribution < -0.4 is 0 Å². The predicted octanol–water partition coefficient (Wildman–Crippen LogP) is 2.66. The maximum absolute atomic E-state index is 13.3. The number of carbonyl (C=O) groups is 1. The van der Waals surface area contributed by atoms with Crippen LogP contribution in [0.4, 0.5) is 4.39 Å².